The van der Waals surface area contributed by atoms with Gasteiger partial charge in [0.1, 0.15) is 0 Å². The summed E-state index contributed by atoms with van der Waals surface area (Å²) < 4.78 is 41.2. The molecule has 40 heavy (non-hydrogen) atoms. The number of carbonyl (C=O) groups excluding carboxylic acids is 1. The van der Waals surface area contributed by atoms with Gasteiger partial charge in [-0.2, -0.15) is 18.3 Å². The number of halogens is 3. The summed E-state index contributed by atoms with van der Waals surface area (Å²) in [6, 6.07) is 8.95. The maximum absolute atomic E-state index is 13.7. The Morgan fingerprint density at radius 3 is 2.67 bits per heavy atom. The third-order valence-corrected chi connectivity index (χ3v) is 7.08. The van der Waals surface area contributed by atoms with E-state index in [2.05, 4.69) is 22.3 Å². The molecule has 0 aliphatic carbocycles. The second-order valence-electron chi connectivity index (χ2n) is 10.2. The predicted octanol–water partition coefficient (Wildman–Crippen LogP) is 4.14. The summed E-state index contributed by atoms with van der Waals surface area (Å²) in [5, 5.41) is 13.1. The zero-order valence-electron chi connectivity index (χ0n) is 22.8. The van der Waals surface area contributed by atoms with E-state index in [0.717, 1.165) is 36.4 Å². The van der Waals surface area contributed by atoms with Crippen LogP contribution in [0.4, 0.5) is 30.2 Å². The van der Waals surface area contributed by atoms with Crippen LogP contribution in [-0.4, -0.2) is 49.4 Å². The SMILES string of the molecule is C=C(C)N(C)/N=C\C/C(N)=C/N(N)c1cc(C(=O)Nc2cc(N3CC4CC3CN4)cc(C(F)(F)F)c2)ccc1C. The van der Waals surface area contributed by atoms with E-state index >= 15 is 0 Å². The number of hydrazine groups is 1. The molecule has 2 saturated heterocycles. The van der Waals surface area contributed by atoms with Gasteiger partial charge in [-0.05, 0) is 56.2 Å². The first-order valence-electron chi connectivity index (χ1n) is 12.9. The van der Waals surface area contributed by atoms with Gasteiger partial charge in [0.25, 0.3) is 5.91 Å². The molecule has 2 aromatic carbocycles. The fraction of sp³-hybridized carbons (Fsp3) is 0.357. The summed E-state index contributed by atoms with van der Waals surface area (Å²) in [7, 11) is 1.77. The molecule has 9 nitrogen and oxygen atoms in total. The topological polar surface area (TPSA) is 115 Å². The first-order valence-corrected chi connectivity index (χ1v) is 12.9. The fourth-order valence-corrected chi connectivity index (χ4v) is 4.79. The Morgan fingerprint density at radius 1 is 1.30 bits per heavy atom. The number of benzene rings is 2. The smallest absolute Gasteiger partial charge is 0.401 e. The van der Waals surface area contributed by atoms with Gasteiger partial charge < -0.3 is 21.3 Å². The summed E-state index contributed by atoms with van der Waals surface area (Å²) in [6.45, 7) is 8.79. The Balaban J connectivity index is 1.52. The van der Waals surface area contributed by atoms with Gasteiger partial charge in [0.15, 0.2) is 0 Å². The molecule has 4 rings (SSSR count). The summed E-state index contributed by atoms with van der Waals surface area (Å²) in [4.78, 5) is 15.1. The second kappa shape index (κ2) is 11.6. The molecule has 2 atom stereocenters. The summed E-state index contributed by atoms with van der Waals surface area (Å²) in [5.74, 6) is 5.67. The molecule has 12 heteroatoms. The largest absolute Gasteiger partial charge is 0.416 e. The van der Waals surface area contributed by atoms with Gasteiger partial charge in [0.2, 0.25) is 0 Å². The number of nitrogens with zero attached hydrogens (tertiary/aromatic N) is 4. The van der Waals surface area contributed by atoms with Crippen LogP contribution in [0.5, 0.6) is 0 Å². The molecule has 0 aromatic heterocycles. The van der Waals surface area contributed by atoms with Crippen LogP contribution in [0, 0.1) is 6.92 Å². The highest BCUT2D eigenvalue weighted by molar-refractivity contribution is 6.05. The van der Waals surface area contributed by atoms with E-state index < -0.39 is 17.6 Å². The summed E-state index contributed by atoms with van der Waals surface area (Å²) >= 11 is 0. The monoisotopic (exact) mass is 556 g/mol. The van der Waals surface area contributed by atoms with E-state index in [4.69, 9.17) is 11.6 Å². The molecule has 0 radical (unpaired) electrons. The third kappa shape index (κ3) is 6.75. The van der Waals surface area contributed by atoms with Crippen LogP contribution >= 0.6 is 0 Å². The van der Waals surface area contributed by atoms with Crippen molar-refractivity contribution in [2.24, 2.45) is 16.7 Å². The van der Waals surface area contributed by atoms with Crippen molar-refractivity contribution in [1.29, 1.82) is 0 Å². The van der Waals surface area contributed by atoms with Crippen molar-refractivity contribution in [2.45, 2.75) is 44.9 Å². The predicted molar refractivity (Wildman–Crippen MR) is 153 cm³/mol. The molecule has 2 aliphatic rings. The van der Waals surface area contributed by atoms with Gasteiger partial charge in [0, 0.05) is 79.4 Å². The highest BCUT2D eigenvalue weighted by Gasteiger charge is 2.39. The zero-order chi connectivity index (χ0) is 29.2. The highest BCUT2D eigenvalue weighted by atomic mass is 19.4. The van der Waals surface area contributed by atoms with Crippen LogP contribution in [0.25, 0.3) is 0 Å². The van der Waals surface area contributed by atoms with Crippen molar-refractivity contribution in [3.05, 3.63) is 77.3 Å². The molecule has 2 aromatic rings. The molecule has 2 fully saturated rings. The lowest BCUT2D eigenvalue weighted by Crippen LogP contribution is -2.43. The maximum atomic E-state index is 13.7. The normalized spacial score (nSPS) is 18.9. The van der Waals surface area contributed by atoms with Crippen molar-refractivity contribution >= 4 is 29.2 Å². The molecule has 0 saturated carbocycles. The number of hydrogen-bond acceptors (Lipinski definition) is 8. The lowest BCUT2D eigenvalue weighted by atomic mass is 10.1. The average Bonchev–Trinajstić information content (AvgIpc) is 3.52. The minimum Gasteiger partial charge on any atom is -0.401 e. The molecule has 6 N–H and O–H groups in total. The molecule has 1 amide bonds. The number of anilines is 3. The van der Waals surface area contributed by atoms with Crippen LogP contribution in [0.2, 0.25) is 0 Å². The molecule has 2 unspecified atom stereocenters. The lowest BCUT2D eigenvalue weighted by molar-refractivity contribution is -0.137. The molecule has 2 heterocycles. The number of allylic oxidation sites excluding steroid dienone is 2. The number of hydrazone groups is 1. The Labute approximate surface area is 231 Å². The van der Waals surface area contributed by atoms with Crippen molar-refractivity contribution in [1.82, 2.24) is 10.3 Å². The van der Waals surface area contributed by atoms with Crippen LogP contribution in [-0.2, 0) is 6.18 Å². The van der Waals surface area contributed by atoms with E-state index in [1.54, 1.807) is 42.5 Å². The Morgan fingerprint density at radius 2 is 2.05 bits per heavy atom. The van der Waals surface area contributed by atoms with Crippen LogP contribution in [0.15, 0.2) is 65.7 Å². The molecular weight excluding hydrogens is 521 g/mol. The minimum absolute atomic E-state index is 0.0699. The fourth-order valence-electron chi connectivity index (χ4n) is 4.79. The van der Waals surface area contributed by atoms with Crippen LogP contribution in [0.1, 0.15) is 41.3 Å². The number of aryl methyl sites for hydroxylation is 1. The van der Waals surface area contributed by atoms with Gasteiger partial charge in [-0.15, -0.1) is 0 Å². The van der Waals surface area contributed by atoms with E-state index in [1.807, 2.05) is 18.7 Å². The minimum atomic E-state index is -4.56. The Bertz CT molecular complexity index is 1340. The Hall–Kier alpha value is -4.03. The van der Waals surface area contributed by atoms with Crippen LogP contribution in [0.3, 0.4) is 0 Å². The maximum Gasteiger partial charge on any atom is 0.416 e. The van der Waals surface area contributed by atoms with Crippen LogP contribution < -0.4 is 32.1 Å². The number of amides is 1. The van der Waals surface area contributed by atoms with Crippen molar-refractivity contribution in [3.63, 3.8) is 0 Å². The number of rotatable bonds is 9. The van der Waals surface area contributed by atoms with E-state index in [-0.39, 0.29) is 23.3 Å². The van der Waals surface area contributed by atoms with E-state index in [1.165, 1.54) is 11.2 Å². The molecular formula is C28H35F3N8O. The second-order valence-corrected chi connectivity index (χ2v) is 10.2. The van der Waals surface area contributed by atoms with Crippen molar-refractivity contribution in [2.75, 3.05) is 35.4 Å². The molecule has 2 aliphatic heterocycles. The number of nitrogens with one attached hydrogen (secondary N) is 2. The first kappa shape index (κ1) is 29.0. The average molecular weight is 557 g/mol. The van der Waals surface area contributed by atoms with Crippen molar-refractivity contribution < 1.29 is 18.0 Å². The van der Waals surface area contributed by atoms with Gasteiger partial charge in [-0.3, -0.25) is 14.8 Å². The summed E-state index contributed by atoms with van der Waals surface area (Å²) in [5.41, 5.74) is 8.51. The third-order valence-electron chi connectivity index (χ3n) is 7.08. The highest BCUT2D eigenvalue weighted by Crippen LogP contribution is 2.37. The standard InChI is InChI=1S/C28H35F3N8O/c1-17(2)37(4)35-8-7-21(32)15-39(33)26-9-19(6-5-18(26)3)27(40)36-22-10-20(28(29,30)31)11-24(12-22)38-16-23-13-25(38)14-34-23/h5-6,8-12,15,23,25,34H,1,7,13-14,16,32-33H2,2-4H3,(H,36,40)/b21-15-,35-8-. The number of fused-ring (bicyclic) bond motifs is 2. The number of carbonyl (C=O) groups is 1. The van der Waals surface area contributed by atoms with Gasteiger partial charge in [-0.25, -0.2) is 5.84 Å². The Kier molecular flexibility index (Phi) is 8.40. The number of hydrogen-bond donors (Lipinski definition) is 4. The van der Waals surface area contributed by atoms with E-state index in [9.17, 15) is 18.0 Å². The van der Waals surface area contributed by atoms with Crippen molar-refractivity contribution in [3.8, 4) is 0 Å². The van der Waals surface area contributed by atoms with Gasteiger partial charge in [-0.1, -0.05) is 12.6 Å². The number of nitrogens with two attached hydrogens (primary N) is 2. The molecule has 0 spiro atoms. The zero-order valence-corrected chi connectivity index (χ0v) is 22.8. The van der Waals surface area contributed by atoms with Gasteiger partial charge >= 0.3 is 6.18 Å². The lowest BCUT2D eigenvalue weighted by Gasteiger charge is -2.30. The summed E-state index contributed by atoms with van der Waals surface area (Å²) in [6.07, 6.45) is -0.193. The van der Waals surface area contributed by atoms with E-state index in [0.29, 0.717) is 30.0 Å². The first-order chi connectivity index (χ1) is 18.8. The quantitative estimate of drug-likeness (QED) is 0.209. The molecule has 2 bridgehead atoms. The number of alkyl halides is 3. The van der Waals surface area contributed by atoms with Gasteiger partial charge in [0.05, 0.1) is 11.3 Å². The molecule has 214 valence electrons. The number of piperazine rings is 1.